The molecule has 0 spiro atoms. The largest absolute Gasteiger partial charge is 0.434 e. The van der Waals surface area contributed by atoms with Crippen molar-refractivity contribution in [2.24, 2.45) is 0 Å². The molecule has 0 aromatic carbocycles. The highest BCUT2D eigenvalue weighted by Gasteiger charge is 2.11. The quantitative estimate of drug-likeness (QED) is 0.462. The first-order valence-electron chi connectivity index (χ1n) is 3.88. The van der Waals surface area contributed by atoms with Gasteiger partial charge in [0.25, 0.3) is 0 Å². The van der Waals surface area contributed by atoms with Gasteiger partial charge in [-0.05, 0) is 19.4 Å². The molecule has 1 rings (SSSR count). The van der Waals surface area contributed by atoms with Crippen LogP contribution in [0, 0.1) is 0 Å². The van der Waals surface area contributed by atoms with Crippen molar-refractivity contribution in [2.45, 2.75) is 20.3 Å². The van der Waals surface area contributed by atoms with Crippen LogP contribution in [0.25, 0.3) is 0 Å². The predicted octanol–water partition coefficient (Wildman–Crippen LogP) is 2.34. The molecular weight excluding hydrogens is 152 g/mol. The van der Waals surface area contributed by atoms with Crippen LogP contribution in [-0.4, -0.2) is 5.97 Å². The zero-order valence-corrected chi connectivity index (χ0v) is 7.33. The highest BCUT2D eigenvalue weighted by Crippen LogP contribution is 2.12. The van der Waals surface area contributed by atoms with E-state index in [1.165, 1.54) is 11.8 Å². The lowest BCUT2D eigenvalue weighted by atomic mass is 10.2. The summed E-state index contributed by atoms with van der Waals surface area (Å²) in [7, 11) is 0. The van der Waals surface area contributed by atoms with Crippen LogP contribution in [-0.2, 0) is 9.53 Å². The van der Waals surface area contributed by atoms with Gasteiger partial charge in [0.15, 0.2) is 0 Å². The van der Waals surface area contributed by atoms with E-state index < -0.39 is 0 Å². The van der Waals surface area contributed by atoms with Crippen LogP contribution >= 0.6 is 0 Å². The smallest absolute Gasteiger partial charge is 0.315 e. The molecule has 0 fully saturated rings. The summed E-state index contributed by atoms with van der Waals surface area (Å²) >= 11 is 0. The van der Waals surface area contributed by atoms with E-state index in [4.69, 9.17) is 0 Å². The van der Waals surface area contributed by atoms with E-state index in [-0.39, 0.29) is 5.97 Å². The van der Waals surface area contributed by atoms with Gasteiger partial charge in [-0.2, -0.15) is 0 Å². The average molecular weight is 164 g/mol. The molecule has 0 amide bonds. The molecule has 0 saturated carbocycles. The molecule has 0 saturated heterocycles. The summed E-state index contributed by atoms with van der Waals surface area (Å²) in [5, 5.41) is 0. The van der Waals surface area contributed by atoms with Crippen molar-refractivity contribution in [1.29, 1.82) is 0 Å². The van der Waals surface area contributed by atoms with Gasteiger partial charge in [-0.1, -0.05) is 23.8 Å². The molecule has 0 aromatic heterocycles. The summed E-state index contributed by atoms with van der Waals surface area (Å²) in [5.41, 5.74) is 2.16. The second-order valence-corrected chi connectivity index (χ2v) is 2.96. The number of cyclic esters (lactones) is 1. The van der Waals surface area contributed by atoms with Gasteiger partial charge in [-0.3, -0.25) is 4.79 Å². The average Bonchev–Trinajstić information content (AvgIpc) is 2.35. The summed E-state index contributed by atoms with van der Waals surface area (Å²) in [4.78, 5) is 10.6. The summed E-state index contributed by atoms with van der Waals surface area (Å²) in [6.07, 6.45) is 7.69. The minimum atomic E-state index is -0.174. The molecular formula is C10H12O2. The van der Waals surface area contributed by atoms with Crippen LogP contribution in [0.5, 0.6) is 0 Å². The number of carbonyl (C=O) groups excluding carboxylic acids is 1. The molecule has 1 heterocycles. The van der Waals surface area contributed by atoms with Crippen molar-refractivity contribution in [3.8, 4) is 0 Å². The van der Waals surface area contributed by atoms with Crippen molar-refractivity contribution in [2.75, 3.05) is 0 Å². The second kappa shape index (κ2) is 3.90. The molecule has 2 nitrogen and oxygen atoms in total. The number of allylic oxidation sites excluding steroid dienone is 4. The van der Waals surface area contributed by atoms with E-state index in [0.29, 0.717) is 6.42 Å². The zero-order valence-electron chi connectivity index (χ0n) is 7.33. The summed E-state index contributed by atoms with van der Waals surface area (Å²) < 4.78 is 4.65. The first-order chi connectivity index (χ1) is 5.68. The fourth-order valence-corrected chi connectivity index (χ4v) is 0.854. The zero-order chi connectivity index (χ0) is 8.97. The number of ether oxygens (including phenoxy) is 1. The Morgan fingerprint density at radius 2 is 2.33 bits per heavy atom. The second-order valence-electron chi connectivity index (χ2n) is 2.96. The number of hydrogen-bond acceptors (Lipinski definition) is 2. The van der Waals surface area contributed by atoms with Crippen LogP contribution in [0.2, 0.25) is 0 Å². The monoisotopic (exact) mass is 164 g/mol. The molecule has 0 atom stereocenters. The van der Waals surface area contributed by atoms with Gasteiger partial charge < -0.3 is 4.74 Å². The molecule has 0 N–H and O–H groups in total. The standard InChI is InChI=1S/C10H12O2/c1-8(2)4-3-5-9-6-10(11)12-7-9/h3-5,7H,6H2,1-2H3/b5-3-. The highest BCUT2D eigenvalue weighted by atomic mass is 16.5. The molecule has 2 heteroatoms. The minimum Gasteiger partial charge on any atom is -0.434 e. The third-order valence-electron chi connectivity index (χ3n) is 1.43. The Bertz CT molecular complexity index is 266. The predicted molar refractivity (Wildman–Crippen MR) is 47.4 cm³/mol. The lowest BCUT2D eigenvalue weighted by Crippen LogP contribution is -1.89. The Hall–Kier alpha value is -1.31. The molecule has 0 bridgehead atoms. The molecule has 0 radical (unpaired) electrons. The lowest BCUT2D eigenvalue weighted by molar-refractivity contribution is -0.135. The summed E-state index contributed by atoms with van der Waals surface area (Å²) in [6.45, 7) is 4.05. The normalized spacial score (nSPS) is 16.2. The van der Waals surface area contributed by atoms with Gasteiger partial charge in [-0.25, -0.2) is 0 Å². The summed E-state index contributed by atoms with van der Waals surface area (Å²) in [6, 6.07) is 0. The number of rotatable bonds is 2. The minimum absolute atomic E-state index is 0.174. The van der Waals surface area contributed by atoms with E-state index in [2.05, 4.69) is 4.74 Å². The first-order valence-corrected chi connectivity index (χ1v) is 3.88. The SMILES string of the molecule is CC(C)=C/C=C\C1=COC(=O)C1. The van der Waals surface area contributed by atoms with Crippen LogP contribution in [0.4, 0.5) is 0 Å². The molecule has 0 unspecified atom stereocenters. The molecule has 12 heavy (non-hydrogen) atoms. The van der Waals surface area contributed by atoms with Crippen molar-refractivity contribution < 1.29 is 9.53 Å². The highest BCUT2D eigenvalue weighted by molar-refractivity contribution is 5.76. The third kappa shape index (κ3) is 2.74. The van der Waals surface area contributed by atoms with Crippen LogP contribution < -0.4 is 0 Å². The van der Waals surface area contributed by atoms with E-state index in [0.717, 1.165) is 5.57 Å². The van der Waals surface area contributed by atoms with Crippen LogP contribution in [0.3, 0.4) is 0 Å². The van der Waals surface area contributed by atoms with Gasteiger partial charge in [0.1, 0.15) is 0 Å². The van der Waals surface area contributed by atoms with Crippen molar-refractivity contribution in [3.05, 3.63) is 35.6 Å². The van der Waals surface area contributed by atoms with Gasteiger partial charge >= 0.3 is 5.97 Å². The van der Waals surface area contributed by atoms with Crippen molar-refractivity contribution in [1.82, 2.24) is 0 Å². The van der Waals surface area contributed by atoms with Gasteiger partial charge in [0.05, 0.1) is 12.7 Å². The maximum atomic E-state index is 10.6. The van der Waals surface area contributed by atoms with Gasteiger partial charge in [-0.15, -0.1) is 0 Å². The van der Waals surface area contributed by atoms with Crippen molar-refractivity contribution in [3.63, 3.8) is 0 Å². The number of carbonyl (C=O) groups is 1. The number of esters is 1. The Kier molecular flexibility index (Phi) is 2.86. The Labute approximate surface area is 72.2 Å². The Balaban J connectivity index is 2.47. The van der Waals surface area contributed by atoms with Gasteiger partial charge in [0.2, 0.25) is 0 Å². The van der Waals surface area contributed by atoms with Crippen LogP contribution in [0.15, 0.2) is 35.6 Å². The molecule has 1 aliphatic rings. The molecule has 64 valence electrons. The lowest BCUT2D eigenvalue weighted by Gasteiger charge is -1.84. The fourth-order valence-electron chi connectivity index (χ4n) is 0.854. The van der Waals surface area contributed by atoms with E-state index in [9.17, 15) is 4.79 Å². The fraction of sp³-hybridized carbons (Fsp3) is 0.300. The van der Waals surface area contributed by atoms with E-state index in [1.54, 1.807) is 0 Å². The van der Waals surface area contributed by atoms with E-state index in [1.807, 2.05) is 32.1 Å². The molecule has 0 aliphatic carbocycles. The Morgan fingerprint density at radius 1 is 1.58 bits per heavy atom. The van der Waals surface area contributed by atoms with Crippen LogP contribution in [0.1, 0.15) is 20.3 Å². The maximum absolute atomic E-state index is 10.6. The first kappa shape index (κ1) is 8.78. The third-order valence-corrected chi connectivity index (χ3v) is 1.43. The Morgan fingerprint density at radius 3 is 2.83 bits per heavy atom. The molecule has 1 aliphatic heterocycles. The molecule has 0 aromatic rings. The topological polar surface area (TPSA) is 26.3 Å². The van der Waals surface area contributed by atoms with Crippen molar-refractivity contribution >= 4 is 5.97 Å². The van der Waals surface area contributed by atoms with E-state index >= 15 is 0 Å². The maximum Gasteiger partial charge on any atom is 0.315 e. The van der Waals surface area contributed by atoms with Gasteiger partial charge in [0, 0.05) is 0 Å². The number of hydrogen-bond donors (Lipinski definition) is 0. The summed E-state index contributed by atoms with van der Waals surface area (Å²) in [5.74, 6) is -0.174.